The van der Waals surface area contributed by atoms with Crippen LogP contribution in [0.25, 0.3) is 0 Å². The number of nitrogens with zero attached hydrogens (tertiary/aromatic N) is 1. The van der Waals surface area contributed by atoms with Gasteiger partial charge in [-0.3, -0.25) is 4.79 Å². The van der Waals surface area contributed by atoms with E-state index in [9.17, 15) is 13.2 Å². The van der Waals surface area contributed by atoms with Gasteiger partial charge in [0.25, 0.3) is 0 Å². The van der Waals surface area contributed by atoms with Crippen molar-refractivity contribution in [3.05, 3.63) is 59.7 Å². The maximum atomic E-state index is 12.7. The molecule has 0 saturated carbocycles. The molecule has 0 bridgehead atoms. The molecule has 0 unspecified atom stereocenters. The number of sulfonamides is 1. The number of morpholine rings is 1. The number of nitrogens with one attached hydrogen (secondary N) is 1. The molecule has 0 spiro atoms. The summed E-state index contributed by atoms with van der Waals surface area (Å²) >= 11 is 0. The first-order chi connectivity index (χ1) is 12.9. The highest BCUT2D eigenvalue weighted by Gasteiger charge is 2.26. The smallest absolute Gasteiger partial charge is 0.243 e. The number of amides is 1. The van der Waals surface area contributed by atoms with Crippen molar-refractivity contribution in [3.63, 3.8) is 0 Å². The van der Waals surface area contributed by atoms with Gasteiger partial charge in [0.15, 0.2) is 0 Å². The number of ether oxygens (including phenoxy) is 1. The summed E-state index contributed by atoms with van der Waals surface area (Å²) in [4.78, 5) is 12.4. The van der Waals surface area contributed by atoms with Crippen LogP contribution >= 0.6 is 0 Å². The van der Waals surface area contributed by atoms with E-state index in [4.69, 9.17) is 4.74 Å². The Bertz CT molecular complexity index is 888. The van der Waals surface area contributed by atoms with E-state index < -0.39 is 10.0 Å². The van der Waals surface area contributed by atoms with Gasteiger partial charge < -0.3 is 10.1 Å². The SMILES string of the molecule is Cc1ccc(CCC(=O)Nc2cccc(S(=O)(=O)N3CCOCC3)c2)cc1. The van der Waals surface area contributed by atoms with Gasteiger partial charge in [0.05, 0.1) is 18.1 Å². The summed E-state index contributed by atoms with van der Waals surface area (Å²) < 4.78 is 32.1. The quantitative estimate of drug-likeness (QED) is 0.825. The van der Waals surface area contributed by atoms with Crippen LogP contribution in [0.2, 0.25) is 0 Å². The molecule has 0 aliphatic carbocycles. The molecule has 1 saturated heterocycles. The molecule has 2 aromatic rings. The predicted molar refractivity (Wildman–Crippen MR) is 104 cm³/mol. The van der Waals surface area contributed by atoms with Gasteiger partial charge in [0.2, 0.25) is 15.9 Å². The minimum absolute atomic E-state index is 0.142. The molecule has 1 amide bonds. The lowest BCUT2D eigenvalue weighted by molar-refractivity contribution is -0.116. The molecule has 144 valence electrons. The van der Waals surface area contributed by atoms with Crippen LogP contribution in [0.15, 0.2) is 53.4 Å². The second kappa shape index (κ2) is 8.65. The second-order valence-electron chi connectivity index (χ2n) is 6.58. The minimum atomic E-state index is -3.58. The Morgan fingerprint density at radius 1 is 1.11 bits per heavy atom. The first-order valence-corrected chi connectivity index (χ1v) is 10.4. The number of aryl methyl sites for hydroxylation is 2. The molecule has 1 N–H and O–H groups in total. The van der Waals surface area contributed by atoms with Gasteiger partial charge in [-0.15, -0.1) is 0 Å². The molecule has 6 nitrogen and oxygen atoms in total. The normalized spacial score (nSPS) is 15.4. The highest BCUT2D eigenvalue weighted by Crippen LogP contribution is 2.21. The fourth-order valence-corrected chi connectivity index (χ4v) is 4.36. The number of rotatable bonds is 6. The molecule has 3 rings (SSSR count). The van der Waals surface area contributed by atoms with Crippen LogP contribution in [-0.4, -0.2) is 44.9 Å². The highest BCUT2D eigenvalue weighted by atomic mass is 32.2. The zero-order chi connectivity index (χ0) is 19.3. The Morgan fingerprint density at radius 2 is 1.81 bits per heavy atom. The van der Waals surface area contributed by atoms with E-state index in [-0.39, 0.29) is 10.8 Å². The number of carbonyl (C=O) groups is 1. The monoisotopic (exact) mass is 388 g/mol. The molecular formula is C20H24N2O4S. The number of hydrogen-bond acceptors (Lipinski definition) is 4. The average molecular weight is 388 g/mol. The zero-order valence-electron chi connectivity index (χ0n) is 15.3. The molecule has 0 radical (unpaired) electrons. The Balaban J connectivity index is 1.63. The summed E-state index contributed by atoms with van der Waals surface area (Å²) in [6.07, 6.45) is 0.974. The van der Waals surface area contributed by atoms with E-state index in [1.165, 1.54) is 15.9 Å². The molecular weight excluding hydrogens is 364 g/mol. The summed E-state index contributed by atoms with van der Waals surface area (Å²) in [6, 6.07) is 14.5. The molecule has 1 heterocycles. The first kappa shape index (κ1) is 19.5. The minimum Gasteiger partial charge on any atom is -0.379 e. The first-order valence-electron chi connectivity index (χ1n) is 8.98. The molecule has 27 heavy (non-hydrogen) atoms. The van der Waals surface area contributed by atoms with Crippen molar-refractivity contribution in [1.29, 1.82) is 0 Å². The fourth-order valence-electron chi connectivity index (χ4n) is 2.91. The summed E-state index contributed by atoms with van der Waals surface area (Å²) in [7, 11) is -3.58. The van der Waals surface area contributed by atoms with E-state index in [0.29, 0.717) is 44.8 Å². The van der Waals surface area contributed by atoms with E-state index in [1.807, 2.05) is 31.2 Å². The zero-order valence-corrected chi connectivity index (χ0v) is 16.2. The lowest BCUT2D eigenvalue weighted by Crippen LogP contribution is -2.40. The van der Waals surface area contributed by atoms with Crippen molar-refractivity contribution >= 4 is 21.6 Å². The third-order valence-corrected chi connectivity index (χ3v) is 6.38. The molecule has 2 aromatic carbocycles. The van der Waals surface area contributed by atoms with Crippen molar-refractivity contribution < 1.29 is 17.9 Å². The number of anilines is 1. The molecule has 7 heteroatoms. The summed E-state index contributed by atoms with van der Waals surface area (Å²) in [5.41, 5.74) is 2.76. The van der Waals surface area contributed by atoms with Gasteiger partial charge in [0, 0.05) is 25.2 Å². The Morgan fingerprint density at radius 3 is 2.52 bits per heavy atom. The summed E-state index contributed by atoms with van der Waals surface area (Å²) in [5.74, 6) is -0.142. The van der Waals surface area contributed by atoms with Crippen LogP contribution < -0.4 is 5.32 Å². The lowest BCUT2D eigenvalue weighted by atomic mass is 10.1. The Kier molecular flexibility index (Phi) is 6.26. The maximum Gasteiger partial charge on any atom is 0.243 e. The molecule has 0 atom stereocenters. The van der Waals surface area contributed by atoms with Gasteiger partial charge in [-0.1, -0.05) is 35.9 Å². The molecule has 0 aromatic heterocycles. The van der Waals surface area contributed by atoms with Crippen LogP contribution in [0, 0.1) is 6.92 Å². The fraction of sp³-hybridized carbons (Fsp3) is 0.350. The van der Waals surface area contributed by atoms with Crippen molar-refractivity contribution in [3.8, 4) is 0 Å². The van der Waals surface area contributed by atoms with Crippen LogP contribution in [-0.2, 0) is 26.0 Å². The van der Waals surface area contributed by atoms with E-state index in [2.05, 4.69) is 5.32 Å². The third kappa shape index (κ3) is 5.15. The van der Waals surface area contributed by atoms with Crippen molar-refractivity contribution in [2.24, 2.45) is 0 Å². The van der Waals surface area contributed by atoms with Crippen LogP contribution in [0.5, 0.6) is 0 Å². The number of carbonyl (C=O) groups excluding carboxylic acids is 1. The maximum absolute atomic E-state index is 12.7. The van der Waals surface area contributed by atoms with Crippen molar-refractivity contribution in [2.45, 2.75) is 24.7 Å². The lowest BCUT2D eigenvalue weighted by Gasteiger charge is -2.26. The van der Waals surface area contributed by atoms with Gasteiger partial charge in [-0.2, -0.15) is 4.31 Å². The highest BCUT2D eigenvalue weighted by molar-refractivity contribution is 7.89. The molecule has 1 fully saturated rings. The van der Waals surface area contributed by atoms with Crippen LogP contribution in [0.1, 0.15) is 17.5 Å². The standard InChI is InChI=1S/C20H24N2O4S/c1-16-5-7-17(8-6-16)9-10-20(23)21-18-3-2-4-19(15-18)27(24,25)22-11-13-26-14-12-22/h2-8,15H,9-14H2,1H3,(H,21,23). The third-order valence-electron chi connectivity index (χ3n) is 4.49. The second-order valence-corrected chi connectivity index (χ2v) is 8.52. The summed E-state index contributed by atoms with van der Waals surface area (Å²) in [6.45, 7) is 3.50. The van der Waals surface area contributed by atoms with Crippen LogP contribution in [0.3, 0.4) is 0 Å². The molecule has 1 aliphatic heterocycles. The van der Waals surface area contributed by atoms with E-state index in [0.717, 1.165) is 5.56 Å². The molecule has 1 aliphatic rings. The Labute approximate surface area is 160 Å². The van der Waals surface area contributed by atoms with Crippen molar-refractivity contribution in [1.82, 2.24) is 4.31 Å². The van der Waals surface area contributed by atoms with Crippen molar-refractivity contribution in [2.75, 3.05) is 31.6 Å². The van der Waals surface area contributed by atoms with Gasteiger partial charge >= 0.3 is 0 Å². The predicted octanol–water partition coefficient (Wildman–Crippen LogP) is 2.59. The van der Waals surface area contributed by atoms with Crippen LogP contribution in [0.4, 0.5) is 5.69 Å². The topological polar surface area (TPSA) is 75.7 Å². The van der Waals surface area contributed by atoms with E-state index >= 15 is 0 Å². The average Bonchev–Trinajstić information content (AvgIpc) is 2.68. The van der Waals surface area contributed by atoms with Gasteiger partial charge in [-0.25, -0.2) is 8.42 Å². The van der Waals surface area contributed by atoms with E-state index in [1.54, 1.807) is 18.2 Å². The van der Waals surface area contributed by atoms with Gasteiger partial charge in [0.1, 0.15) is 0 Å². The summed E-state index contributed by atoms with van der Waals surface area (Å²) in [5, 5.41) is 2.79. The number of benzene rings is 2. The van der Waals surface area contributed by atoms with Gasteiger partial charge in [-0.05, 0) is 37.1 Å². The number of hydrogen-bond donors (Lipinski definition) is 1. The largest absolute Gasteiger partial charge is 0.379 e. The Hall–Kier alpha value is -2.22.